The Morgan fingerprint density at radius 1 is 1.17 bits per heavy atom. The maximum atomic E-state index is 12.2. The van der Waals surface area contributed by atoms with Gasteiger partial charge in [-0.25, -0.2) is 13.1 Å². The van der Waals surface area contributed by atoms with Crippen LogP contribution in [0.25, 0.3) is 0 Å². The number of benzene rings is 1. The molecule has 0 saturated heterocycles. The van der Waals surface area contributed by atoms with Gasteiger partial charge in [0.1, 0.15) is 0 Å². The third-order valence-corrected chi connectivity index (χ3v) is 5.68. The molecule has 100 valence electrons. The molecular weight excluding hydrogens is 318 g/mol. The highest BCUT2D eigenvalue weighted by Crippen LogP contribution is 2.24. The summed E-state index contributed by atoms with van der Waals surface area (Å²) >= 11 is 3.25. The zero-order valence-corrected chi connectivity index (χ0v) is 12.2. The molecule has 1 aliphatic rings. The van der Waals surface area contributed by atoms with Crippen LogP contribution in [0.3, 0.4) is 0 Å². The van der Waals surface area contributed by atoms with Gasteiger partial charge in [-0.05, 0) is 53.7 Å². The van der Waals surface area contributed by atoms with E-state index in [0.29, 0.717) is 30.2 Å². The minimum atomic E-state index is -3.49. The molecule has 4 nitrogen and oxygen atoms in total. The molecule has 0 amide bonds. The predicted molar refractivity (Wildman–Crippen MR) is 72.7 cm³/mol. The molecule has 1 aromatic rings. The Morgan fingerprint density at radius 3 is 2.39 bits per heavy atom. The summed E-state index contributed by atoms with van der Waals surface area (Å²) in [5.41, 5.74) is 0. The molecule has 18 heavy (non-hydrogen) atoms. The van der Waals surface area contributed by atoms with Crippen LogP contribution in [0.1, 0.15) is 25.7 Å². The second-order valence-corrected chi connectivity index (χ2v) is 7.09. The van der Waals surface area contributed by atoms with Crippen molar-refractivity contribution in [1.29, 1.82) is 0 Å². The topological polar surface area (TPSA) is 66.4 Å². The molecule has 2 rings (SSSR count). The molecule has 2 N–H and O–H groups in total. The van der Waals surface area contributed by atoms with E-state index in [0.717, 1.165) is 0 Å². The Bertz CT molecular complexity index is 510. The van der Waals surface area contributed by atoms with Gasteiger partial charge in [0.2, 0.25) is 10.0 Å². The SMILES string of the molecule is O=S(=O)(N[C@H]1CC[C@H](O)CC1)c1ccccc1Br. The van der Waals surface area contributed by atoms with Crippen LogP contribution in [0.5, 0.6) is 0 Å². The number of halogens is 1. The van der Waals surface area contributed by atoms with Crippen LogP contribution in [-0.2, 0) is 10.0 Å². The van der Waals surface area contributed by atoms with Gasteiger partial charge in [0, 0.05) is 10.5 Å². The number of hydrogen-bond acceptors (Lipinski definition) is 3. The summed E-state index contributed by atoms with van der Waals surface area (Å²) in [5.74, 6) is 0. The van der Waals surface area contributed by atoms with E-state index in [9.17, 15) is 13.5 Å². The number of nitrogens with one attached hydrogen (secondary N) is 1. The van der Waals surface area contributed by atoms with Gasteiger partial charge in [-0.15, -0.1) is 0 Å². The second kappa shape index (κ2) is 5.69. The summed E-state index contributed by atoms with van der Waals surface area (Å²) in [6.07, 6.45) is 2.40. The Morgan fingerprint density at radius 2 is 1.78 bits per heavy atom. The van der Waals surface area contributed by atoms with E-state index in [4.69, 9.17) is 0 Å². The molecule has 1 aliphatic carbocycles. The first-order chi connectivity index (χ1) is 8.49. The van der Waals surface area contributed by atoms with E-state index in [1.807, 2.05) is 0 Å². The molecule has 0 bridgehead atoms. The quantitative estimate of drug-likeness (QED) is 0.889. The average Bonchev–Trinajstić information content (AvgIpc) is 2.32. The highest BCUT2D eigenvalue weighted by atomic mass is 79.9. The molecule has 1 saturated carbocycles. The lowest BCUT2D eigenvalue weighted by atomic mass is 9.94. The van der Waals surface area contributed by atoms with Crippen molar-refractivity contribution < 1.29 is 13.5 Å². The summed E-state index contributed by atoms with van der Waals surface area (Å²) in [5, 5.41) is 9.40. The molecule has 0 heterocycles. The van der Waals surface area contributed by atoms with Crippen molar-refractivity contribution >= 4 is 26.0 Å². The molecular formula is C12H16BrNO3S. The van der Waals surface area contributed by atoms with Gasteiger partial charge in [-0.3, -0.25) is 0 Å². The van der Waals surface area contributed by atoms with Crippen molar-refractivity contribution in [3.63, 3.8) is 0 Å². The van der Waals surface area contributed by atoms with Gasteiger partial charge in [0.15, 0.2) is 0 Å². The van der Waals surface area contributed by atoms with Gasteiger partial charge in [0.05, 0.1) is 11.0 Å². The Labute approximate surface area is 116 Å². The van der Waals surface area contributed by atoms with Crippen molar-refractivity contribution in [1.82, 2.24) is 4.72 Å². The number of aliphatic hydroxyl groups excluding tert-OH is 1. The first kappa shape index (κ1) is 14.0. The molecule has 0 unspecified atom stereocenters. The van der Waals surface area contributed by atoms with E-state index < -0.39 is 10.0 Å². The molecule has 0 aliphatic heterocycles. The fourth-order valence-corrected chi connectivity index (χ4v) is 4.45. The fourth-order valence-electron chi connectivity index (χ4n) is 2.14. The first-order valence-electron chi connectivity index (χ1n) is 5.94. The monoisotopic (exact) mass is 333 g/mol. The van der Waals surface area contributed by atoms with Gasteiger partial charge >= 0.3 is 0 Å². The lowest BCUT2D eigenvalue weighted by molar-refractivity contribution is 0.120. The Hall–Kier alpha value is -0.430. The predicted octanol–water partition coefficient (Wildman–Crippen LogP) is 2.03. The first-order valence-corrected chi connectivity index (χ1v) is 8.21. The molecule has 1 fully saturated rings. The zero-order chi connectivity index (χ0) is 13.2. The summed E-state index contributed by atoms with van der Waals surface area (Å²) in [6.45, 7) is 0. The van der Waals surface area contributed by atoms with Gasteiger partial charge < -0.3 is 5.11 Å². The molecule has 0 radical (unpaired) electrons. The average molecular weight is 334 g/mol. The number of hydrogen-bond donors (Lipinski definition) is 2. The normalized spacial score (nSPS) is 25.0. The van der Waals surface area contributed by atoms with E-state index in [1.54, 1.807) is 24.3 Å². The third-order valence-electron chi connectivity index (χ3n) is 3.14. The second-order valence-electron chi connectivity index (χ2n) is 4.56. The fraction of sp³-hybridized carbons (Fsp3) is 0.500. The van der Waals surface area contributed by atoms with Gasteiger partial charge in [-0.2, -0.15) is 0 Å². The lowest BCUT2D eigenvalue weighted by Crippen LogP contribution is -2.38. The maximum Gasteiger partial charge on any atom is 0.241 e. The zero-order valence-electron chi connectivity index (χ0n) is 9.84. The van der Waals surface area contributed by atoms with Gasteiger partial charge in [-0.1, -0.05) is 12.1 Å². The van der Waals surface area contributed by atoms with Crippen LogP contribution in [0.2, 0.25) is 0 Å². The lowest BCUT2D eigenvalue weighted by Gasteiger charge is -2.26. The van der Waals surface area contributed by atoms with E-state index >= 15 is 0 Å². The van der Waals surface area contributed by atoms with Crippen molar-refractivity contribution in [2.75, 3.05) is 0 Å². The van der Waals surface area contributed by atoms with Crippen LogP contribution >= 0.6 is 15.9 Å². The minimum absolute atomic E-state index is 0.0782. The number of rotatable bonds is 3. The van der Waals surface area contributed by atoms with E-state index in [-0.39, 0.29) is 17.0 Å². The molecule has 0 atom stereocenters. The molecule has 0 aromatic heterocycles. The van der Waals surface area contributed by atoms with Crippen LogP contribution in [0, 0.1) is 0 Å². The summed E-state index contributed by atoms with van der Waals surface area (Å²) in [6, 6.07) is 6.68. The van der Waals surface area contributed by atoms with Crippen LogP contribution in [0.4, 0.5) is 0 Å². The van der Waals surface area contributed by atoms with Gasteiger partial charge in [0.25, 0.3) is 0 Å². The number of sulfonamides is 1. The highest BCUT2D eigenvalue weighted by molar-refractivity contribution is 9.10. The summed E-state index contributed by atoms with van der Waals surface area (Å²) < 4.78 is 27.7. The van der Waals surface area contributed by atoms with E-state index in [2.05, 4.69) is 20.7 Å². The van der Waals surface area contributed by atoms with Crippen LogP contribution in [-0.4, -0.2) is 25.7 Å². The van der Waals surface area contributed by atoms with Crippen LogP contribution in [0.15, 0.2) is 33.6 Å². The van der Waals surface area contributed by atoms with Crippen molar-refractivity contribution in [2.45, 2.75) is 42.7 Å². The smallest absolute Gasteiger partial charge is 0.241 e. The molecule has 6 heteroatoms. The highest BCUT2D eigenvalue weighted by Gasteiger charge is 2.25. The summed E-state index contributed by atoms with van der Waals surface area (Å²) in [4.78, 5) is 0.260. The molecule has 1 aromatic carbocycles. The largest absolute Gasteiger partial charge is 0.393 e. The van der Waals surface area contributed by atoms with Crippen molar-refractivity contribution in [3.8, 4) is 0 Å². The standard InChI is InChI=1S/C12H16BrNO3S/c13-11-3-1-2-4-12(11)18(16,17)14-9-5-7-10(15)8-6-9/h1-4,9-10,14-15H,5-8H2/t9-,10-. The Kier molecular flexibility index (Phi) is 4.42. The summed E-state index contributed by atoms with van der Waals surface area (Å²) in [7, 11) is -3.49. The molecule has 0 spiro atoms. The maximum absolute atomic E-state index is 12.2. The Balaban J connectivity index is 2.11. The van der Waals surface area contributed by atoms with Crippen LogP contribution < -0.4 is 4.72 Å². The third kappa shape index (κ3) is 3.32. The van der Waals surface area contributed by atoms with Crippen molar-refractivity contribution in [2.24, 2.45) is 0 Å². The van der Waals surface area contributed by atoms with E-state index in [1.165, 1.54) is 0 Å². The minimum Gasteiger partial charge on any atom is -0.393 e. The number of aliphatic hydroxyl groups is 1. The van der Waals surface area contributed by atoms with Crippen molar-refractivity contribution in [3.05, 3.63) is 28.7 Å².